The van der Waals surface area contributed by atoms with Crippen LogP contribution in [0.1, 0.15) is 23.7 Å². The first-order chi connectivity index (χ1) is 9.43. The van der Waals surface area contributed by atoms with Gasteiger partial charge in [0.1, 0.15) is 18.4 Å². The number of nitrogens with zero attached hydrogens (tertiary/aromatic N) is 1. The molecule has 3 amide bonds. The van der Waals surface area contributed by atoms with E-state index >= 15 is 0 Å². The van der Waals surface area contributed by atoms with Crippen LogP contribution < -0.4 is 5.32 Å². The maximum absolute atomic E-state index is 13.7. The molecule has 0 aliphatic carbocycles. The molecule has 2 rings (SSSR count). The Hall–Kier alpha value is -1.89. The Kier molecular flexibility index (Phi) is 4.08. The van der Waals surface area contributed by atoms with Gasteiger partial charge in [0, 0.05) is 4.90 Å². The predicted molar refractivity (Wildman–Crippen MR) is 71.9 cm³/mol. The molecule has 1 aliphatic rings. The van der Waals surface area contributed by atoms with Crippen molar-refractivity contribution in [2.75, 3.05) is 6.54 Å². The lowest BCUT2D eigenvalue weighted by Crippen LogP contribution is -2.59. The van der Waals surface area contributed by atoms with Crippen molar-refractivity contribution in [3.63, 3.8) is 0 Å². The van der Waals surface area contributed by atoms with Crippen molar-refractivity contribution in [1.82, 2.24) is 10.2 Å². The first-order valence-electron chi connectivity index (χ1n) is 6.07. The molecule has 1 atom stereocenters. The minimum atomic E-state index is -0.775. The zero-order chi connectivity index (χ0) is 14.9. The molecule has 1 aliphatic heterocycles. The molecule has 1 saturated heterocycles. The molecule has 0 aromatic heterocycles. The van der Waals surface area contributed by atoms with Crippen molar-refractivity contribution in [2.24, 2.45) is 0 Å². The summed E-state index contributed by atoms with van der Waals surface area (Å²) in [5.74, 6) is -2.51. The lowest BCUT2D eigenvalue weighted by Gasteiger charge is -2.33. The zero-order valence-corrected chi connectivity index (χ0v) is 11.6. The normalized spacial score (nSPS) is 18.9. The van der Waals surface area contributed by atoms with E-state index in [2.05, 4.69) is 17.9 Å². The lowest BCUT2D eigenvalue weighted by atomic mass is 10.1. The summed E-state index contributed by atoms with van der Waals surface area (Å²) in [7, 11) is 0. The van der Waals surface area contributed by atoms with E-state index in [0.29, 0.717) is 11.3 Å². The van der Waals surface area contributed by atoms with Gasteiger partial charge >= 0.3 is 0 Å². The summed E-state index contributed by atoms with van der Waals surface area (Å²) in [5, 5.41) is 2.16. The molecule has 1 heterocycles. The standard InChI is InChI=1S/C13H13FN2O3S/c1-2-10-12(18)15-11(17)6-16(10)13(19)8-5-7(20)3-4-9(8)14/h3-5,10,20H,2,6H2,1H3,(H,15,17,18). The van der Waals surface area contributed by atoms with Gasteiger partial charge in [-0.2, -0.15) is 0 Å². The van der Waals surface area contributed by atoms with Crippen LogP contribution in [-0.4, -0.2) is 35.2 Å². The largest absolute Gasteiger partial charge is 0.317 e. The van der Waals surface area contributed by atoms with Gasteiger partial charge in [0.2, 0.25) is 11.8 Å². The van der Waals surface area contributed by atoms with Crippen LogP contribution in [0.15, 0.2) is 23.1 Å². The third-order valence-electron chi connectivity index (χ3n) is 3.08. The van der Waals surface area contributed by atoms with Gasteiger partial charge in [-0.25, -0.2) is 4.39 Å². The third-order valence-corrected chi connectivity index (χ3v) is 3.36. The van der Waals surface area contributed by atoms with Crippen molar-refractivity contribution in [1.29, 1.82) is 0 Å². The second-order valence-corrected chi connectivity index (χ2v) is 4.95. The van der Waals surface area contributed by atoms with Crippen molar-refractivity contribution in [2.45, 2.75) is 24.3 Å². The Morgan fingerprint density at radius 1 is 1.50 bits per heavy atom. The van der Waals surface area contributed by atoms with Crippen LogP contribution in [0.3, 0.4) is 0 Å². The van der Waals surface area contributed by atoms with E-state index in [1.54, 1.807) is 6.92 Å². The van der Waals surface area contributed by atoms with E-state index in [1.165, 1.54) is 12.1 Å². The number of imide groups is 1. The monoisotopic (exact) mass is 296 g/mol. The SMILES string of the molecule is CCC1C(=O)NC(=O)CN1C(=O)c1cc(S)ccc1F. The number of benzene rings is 1. The fourth-order valence-corrected chi connectivity index (χ4v) is 2.32. The number of amides is 3. The van der Waals surface area contributed by atoms with Gasteiger partial charge in [-0.1, -0.05) is 6.92 Å². The Balaban J connectivity index is 2.37. The molecule has 0 radical (unpaired) electrons. The first kappa shape index (κ1) is 14.5. The maximum atomic E-state index is 13.7. The average Bonchev–Trinajstić information content (AvgIpc) is 2.40. The van der Waals surface area contributed by atoms with Gasteiger partial charge in [0.15, 0.2) is 0 Å². The van der Waals surface area contributed by atoms with Crippen molar-refractivity contribution < 1.29 is 18.8 Å². The number of halogens is 1. The maximum Gasteiger partial charge on any atom is 0.258 e. The first-order valence-corrected chi connectivity index (χ1v) is 6.52. The fourth-order valence-electron chi connectivity index (χ4n) is 2.12. The molecule has 0 bridgehead atoms. The van der Waals surface area contributed by atoms with Gasteiger partial charge < -0.3 is 4.90 Å². The van der Waals surface area contributed by atoms with E-state index in [4.69, 9.17) is 0 Å². The van der Waals surface area contributed by atoms with Crippen LogP contribution in [0, 0.1) is 5.82 Å². The Morgan fingerprint density at radius 3 is 2.85 bits per heavy atom. The molecule has 5 nitrogen and oxygen atoms in total. The smallest absolute Gasteiger partial charge is 0.258 e. The summed E-state index contributed by atoms with van der Waals surface area (Å²) in [6.45, 7) is 1.45. The molecule has 1 fully saturated rings. The highest BCUT2D eigenvalue weighted by atomic mass is 32.1. The molecule has 7 heteroatoms. The number of carbonyl (C=O) groups excluding carboxylic acids is 3. The van der Waals surface area contributed by atoms with E-state index < -0.39 is 29.6 Å². The topological polar surface area (TPSA) is 66.5 Å². The van der Waals surface area contributed by atoms with Crippen molar-refractivity contribution >= 4 is 30.4 Å². The fraction of sp³-hybridized carbons (Fsp3) is 0.308. The summed E-state index contributed by atoms with van der Waals surface area (Å²) in [5.41, 5.74) is -0.196. The molecule has 1 aromatic rings. The number of hydrogen-bond donors (Lipinski definition) is 2. The van der Waals surface area contributed by atoms with Gasteiger partial charge in [-0.3, -0.25) is 19.7 Å². The van der Waals surface area contributed by atoms with Crippen molar-refractivity contribution in [3.05, 3.63) is 29.6 Å². The Bertz CT molecular complexity index is 591. The molecule has 1 N–H and O–H groups in total. The molecule has 1 unspecified atom stereocenters. The summed E-state index contributed by atoms with van der Waals surface area (Å²) >= 11 is 4.06. The number of rotatable bonds is 2. The van der Waals surface area contributed by atoms with E-state index in [9.17, 15) is 18.8 Å². The zero-order valence-electron chi connectivity index (χ0n) is 10.7. The quantitative estimate of drug-likeness (QED) is 0.632. The highest BCUT2D eigenvalue weighted by Gasteiger charge is 2.36. The summed E-state index contributed by atoms with van der Waals surface area (Å²) in [6.07, 6.45) is 0.340. The molecule has 20 heavy (non-hydrogen) atoms. The third kappa shape index (κ3) is 2.67. The second-order valence-electron chi connectivity index (χ2n) is 4.43. The number of hydrogen-bond acceptors (Lipinski definition) is 4. The van der Waals surface area contributed by atoms with Crippen molar-refractivity contribution in [3.8, 4) is 0 Å². The number of thiol groups is 1. The highest BCUT2D eigenvalue weighted by molar-refractivity contribution is 7.80. The molecule has 0 spiro atoms. The van der Waals surface area contributed by atoms with E-state index in [-0.39, 0.29) is 12.1 Å². The number of nitrogens with one attached hydrogen (secondary N) is 1. The second kappa shape index (κ2) is 5.62. The molecule has 0 saturated carbocycles. The molecule has 1 aromatic carbocycles. The minimum absolute atomic E-state index is 0.196. The van der Waals surface area contributed by atoms with Crippen LogP contribution in [-0.2, 0) is 9.59 Å². The lowest BCUT2D eigenvalue weighted by molar-refractivity contribution is -0.138. The van der Waals surface area contributed by atoms with Gasteiger partial charge in [-0.15, -0.1) is 12.6 Å². The van der Waals surface area contributed by atoms with Gasteiger partial charge in [-0.05, 0) is 24.6 Å². The van der Waals surface area contributed by atoms with Gasteiger partial charge in [0.05, 0.1) is 5.56 Å². The minimum Gasteiger partial charge on any atom is -0.317 e. The van der Waals surface area contributed by atoms with Crippen LogP contribution in [0.25, 0.3) is 0 Å². The van der Waals surface area contributed by atoms with E-state index in [0.717, 1.165) is 11.0 Å². The summed E-state index contributed by atoms with van der Waals surface area (Å²) in [4.78, 5) is 37.0. The van der Waals surface area contributed by atoms with Crippen LogP contribution in [0.5, 0.6) is 0 Å². The Morgan fingerprint density at radius 2 is 2.20 bits per heavy atom. The summed E-state index contributed by atoms with van der Waals surface area (Å²) < 4.78 is 13.7. The van der Waals surface area contributed by atoms with Crippen LogP contribution in [0.4, 0.5) is 4.39 Å². The van der Waals surface area contributed by atoms with Crippen LogP contribution >= 0.6 is 12.6 Å². The Labute approximate surface area is 120 Å². The number of piperazine rings is 1. The molecule has 106 valence electrons. The molecular weight excluding hydrogens is 283 g/mol. The average molecular weight is 296 g/mol. The van der Waals surface area contributed by atoms with Gasteiger partial charge in [0.25, 0.3) is 5.91 Å². The highest BCUT2D eigenvalue weighted by Crippen LogP contribution is 2.19. The molecular formula is C13H13FN2O3S. The van der Waals surface area contributed by atoms with Crippen LogP contribution in [0.2, 0.25) is 0 Å². The number of carbonyl (C=O) groups is 3. The summed E-state index contributed by atoms with van der Waals surface area (Å²) in [6, 6.07) is 3.05. The predicted octanol–water partition coefficient (Wildman–Crippen LogP) is 0.992. The van der Waals surface area contributed by atoms with E-state index in [1.807, 2.05) is 0 Å².